The number of aromatic nitrogens is 4. The van der Waals surface area contributed by atoms with Crippen molar-refractivity contribution in [3.63, 3.8) is 0 Å². The smallest absolute Gasteiger partial charge is 0.386 e. The predicted molar refractivity (Wildman–Crippen MR) is 187 cm³/mol. The molecule has 3 heterocycles. The van der Waals surface area contributed by atoms with Crippen LogP contribution in [0.2, 0.25) is 0 Å². The number of nitrogens with zero attached hydrogens (tertiary/aromatic N) is 4. The molecule has 0 spiro atoms. The lowest BCUT2D eigenvalue weighted by Crippen LogP contribution is -2.46. The summed E-state index contributed by atoms with van der Waals surface area (Å²) in [5, 5.41) is 25.6. The SMILES string of the molecule is CC(C)C(=O)C(=O)SCCNC(=O)CCNC(=O)C(O)C(C)(C)COP(=O)(O)OP(=O)(O)OCC1OC(n2cnc3c(N)ncnc32)C(O)C1OP(=O)(O)O. The fourth-order valence-electron chi connectivity index (χ4n) is 4.58. The van der Waals surface area contributed by atoms with Gasteiger partial charge < -0.3 is 50.9 Å². The first-order valence-corrected chi connectivity index (χ1v) is 21.4. The molecule has 2 amide bonds. The highest BCUT2D eigenvalue weighted by atomic mass is 32.2. The summed E-state index contributed by atoms with van der Waals surface area (Å²) >= 11 is 0.757. The van der Waals surface area contributed by atoms with Crippen molar-refractivity contribution in [2.24, 2.45) is 11.3 Å². The third kappa shape index (κ3) is 13.7. The van der Waals surface area contributed by atoms with Crippen molar-refractivity contribution in [3.8, 4) is 0 Å². The molecule has 1 saturated heterocycles. The molecule has 1 aliphatic rings. The fourth-order valence-corrected chi connectivity index (χ4v) is 8.18. The molecule has 310 valence electrons. The summed E-state index contributed by atoms with van der Waals surface area (Å²) in [7, 11) is -16.4. The topological polar surface area (TPSA) is 381 Å². The van der Waals surface area contributed by atoms with Crippen LogP contribution < -0.4 is 16.4 Å². The molecule has 0 saturated carbocycles. The Bertz CT molecular complexity index is 1860. The van der Waals surface area contributed by atoms with Crippen LogP contribution >= 0.6 is 35.2 Å². The van der Waals surface area contributed by atoms with Gasteiger partial charge in [0.15, 0.2) is 17.7 Å². The minimum Gasteiger partial charge on any atom is -0.386 e. The lowest BCUT2D eigenvalue weighted by atomic mass is 9.87. The van der Waals surface area contributed by atoms with E-state index in [1.165, 1.54) is 13.8 Å². The normalized spacial score (nSPS) is 21.9. The molecule has 1 fully saturated rings. The Kier molecular flexibility index (Phi) is 16.2. The fraction of sp³-hybridized carbons (Fsp3) is 0.654. The quantitative estimate of drug-likeness (QED) is 0.0408. The number of aliphatic hydroxyl groups is 2. The number of nitrogen functional groups attached to an aromatic ring is 1. The van der Waals surface area contributed by atoms with Crippen LogP contribution in [0, 0.1) is 11.3 Å². The Morgan fingerprint density at radius 1 is 1.04 bits per heavy atom. The highest BCUT2D eigenvalue weighted by Gasteiger charge is 2.50. The molecule has 0 bridgehead atoms. The van der Waals surface area contributed by atoms with E-state index in [9.17, 15) is 62.7 Å². The van der Waals surface area contributed by atoms with Gasteiger partial charge in [-0.05, 0) is 0 Å². The van der Waals surface area contributed by atoms with E-state index in [2.05, 4.69) is 34.4 Å². The monoisotopic (exact) mass is 865 g/mol. The molecular formula is C26H42N7O18P3S. The number of imidazole rings is 1. The maximum absolute atomic E-state index is 12.7. The van der Waals surface area contributed by atoms with Crippen molar-refractivity contribution in [1.82, 2.24) is 30.2 Å². The molecule has 2 aromatic heterocycles. The number of nitrogens with one attached hydrogen (secondary N) is 2. The summed E-state index contributed by atoms with van der Waals surface area (Å²) in [6.07, 6.45) is -7.05. The maximum Gasteiger partial charge on any atom is 0.481 e. The number of phosphoric acid groups is 3. The van der Waals surface area contributed by atoms with Gasteiger partial charge in [0.1, 0.15) is 36.3 Å². The van der Waals surface area contributed by atoms with E-state index in [0.29, 0.717) is 0 Å². The van der Waals surface area contributed by atoms with Crippen molar-refractivity contribution in [3.05, 3.63) is 12.7 Å². The standard InChI is InChI=1S/C26H42N7O18P3S/c1-13(2)17(35)25(39)55-8-7-28-15(34)5-6-29-23(38)20(37)26(3,4)10-48-54(45,46)51-53(43,44)47-9-14-19(50-52(40,41)42)18(36)24(49-14)33-12-32-16-21(27)30-11-31-22(16)33/h11-14,18-20,24,36-37H,5-10H2,1-4H3,(H,28,34)(H,29,38)(H,43,44)(H,45,46)(H2,27,30,31)(H2,40,41,42). The first-order valence-electron chi connectivity index (χ1n) is 15.9. The minimum atomic E-state index is -5.58. The van der Waals surface area contributed by atoms with E-state index in [0.717, 1.165) is 29.0 Å². The molecule has 1 aliphatic heterocycles. The summed E-state index contributed by atoms with van der Waals surface area (Å²) in [6.45, 7) is 3.40. The number of hydrogen-bond donors (Lipinski definition) is 9. The van der Waals surface area contributed by atoms with E-state index in [1.807, 2.05) is 0 Å². The largest absolute Gasteiger partial charge is 0.481 e. The first-order chi connectivity index (χ1) is 25.3. The van der Waals surface area contributed by atoms with E-state index in [-0.39, 0.29) is 42.2 Å². The predicted octanol–water partition coefficient (Wildman–Crippen LogP) is -1.11. The van der Waals surface area contributed by atoms with Gasteiger partial charge >= 0.3 is 23.5 Å². The van der Waals surface area contributed by atoms with Crippen molar-refractivity contribution < 1.29 is 85.3 Å². The van der Waals surface area contributed by atoms with Gasteiger partial charge in [-0.25, -0.2) is 28.6 Å². The van der Waals surface area contributed by atoms with Crippen LogP contribution in [0.4, 0.5) is 5.82 Å². The van der Waals surface area contributed by atoms with Crippen LogP contribution in [-0.4, -0.2) is 128 Å². The Labute approximate surface area is 316 Å². The van der Waals surface area contributed by atoms with Crippen molar-refractivity contribution in [1.29, 1.82) is 0 Å². The number of thioether (sulfide) groups is 1. The summed E-state index contributed by atoms with van der Waals surface area (Å²) in [5.41, 5.74) is 4.22. The zero-order valence-corrected chi connectivity index (χ0v) is 33.1. The number of ether oxygens (including phenoxy) is 1. The van der Waals surface area contributed by atoms with E-state index in [4.69, 9.17) is 19.5 Å². The highest BCUT2D eigenvalue weighted by Crippen LogP contribution is 2.61. The van der Waals surface area contributed by atoms with Crippen LogP contribution in [0.15, 0.2) is 12.7 Å². The third-order valence-electron chi connectivity index (χ3n) is 7.46. The number of fused-ring (bicyclic) bond motifs is 1. The number of aliphatic hydroxyl groups excluding tert-OH is 2. The highest BCUT2D eigenvalue weighted by molar-refractivity contribution is 8.15. The molecule has 0 radical (unpaired) electrons. The number of hydrogen-bond acceptors (Lipinski definition) is 19. The maximum atomic E-state index is 12.7. The average molecular weight is 866 g/mol. The number of Topliss-reactive ketones (excluding diaryl/α,β-unsaturated/α-hetero) is 1. The van der Waals surface area contributed by atoms with E-state index >= 15 is 0 Å². The number of nitrogens with two attached hydrogens (primary N) is 1. The van der Waals surface area contributed by atoms with Crippen LogP contribution in [0.5, 0.6) is 0 Å². The second-order valence-corrected chi connectivity index (χ2v) is 18.0. The zero-order chi connectivity index (χ0) is 41.5. The van der Waals surface area contributed by atoms with E-state index in [1.54, 1.807) is 13.8 Å². The van der Waals surface area contributed by atoms with Gasteiger partial charge in [-0.15, -0.1) is 0 Å². The second kappa shape index (κ2) is 19.1. The molecule has 3 rings (SSSR count). The van der Waals surface area contributed by atoms with Crippen LogP contribution in [0.25, 0.3) is 11.2 Å². The second-order valence-electron chi connectivity index (χ2n) is 12.7. The molecule has 7 atom stereocenters. The Hall–Kier alpha value is -2.77. The lowest BCUT2D eigenvalue weighted by molar-refractivity contribution is -0.137. The third-order valence-corrected chi connectivity index (χ3v) is 11.4. The number of carbonyl (C=O) groups excluding carboxylic acids is 4. The Balaban J connectivity index is 1.50. The zero-order valence-electron chi connectivity index (χ0n) is 29.6. The van der Waals surface area contributed by atoms with Crippen LogP contribution in [-0.2, 0) is 55.5 Å². The summed E-state index contributed by atoms with van der Waals surface area (Å²) in [6, 6.07) is 0. The van der Waals surface area contributed by atoms with Crippen LogP contribution in [0.3, 0.4) is 0 Å². The molecule has 10 N–H and O–H groups in total. The number of phosphoric ester groups is 3. The van der Waals surface area contributed by atoms with Crippen molar-refractivity contribution in [2.45, 2.75) is 64.8 Å². The van der Waals surface area contributed by atoms with Gasteiger partial charge in [-0.2, -0.15) is 4.31 Å². The van der Waals surface area contributed by atoms with E-state index < -0.39 is 101 Å². The van der Waals surface area contributed by atoms with Gasteiger partial charge in [0, 0.05) is 36.6 Å². The first kappa shape index (κ1) is 46.6. The number of carbonyl (C=O) groups is 4. The number of rotatable bonds is 21. The Morgan fingerprint density at radius 2 is 1.69 bits per heavy atom. The van der Waals surface area contributed by atoms with Gasteiger partial charge in [0.25, 0.3) is 5.12 Å². The van der Waals surface area contributed by atoms with Gasteiger partial charge in [0.2, 0.25) is 17.6 Å². The summed E-state index contributed by atoms with van der Waals surface area (Å²) in [5.74, 6) is -2.42. The van der Waals surface area contributed by atoms with Gasteiger partial charge in [0.05, 0.1) is 19.5 Å². The molecule has 0 aromatic carbocycles. The molecular weight excluding hydrogens is 823 g/mol. The summed E-state index contributed by atoms with van der Waals surface area (Å²) < 4.78 is 61.9. The molecule has 2 aromatic rings. The molecule has 55 heavy (non-hydrogen) atoms. The van der Waals surface area contributed by atoms with Crippen LogP contribution in [0.1, 0.15) is 40.3 Å². The number of ketones is 1. The molecule has 25 nitrogen and oxygen atoms in total. The number of amides is 2. The van der Waals surface area contributed by atoms with Crippen molar-refractivity contribution >= 4 is 74.9 Å². The minimum absolute atomic E-state index is 0.0232. The Morgan fingerprint density at radius 3 is 2.33 bits per heavy atom. The molecule has 7 unspecified atom stereocenters. The van der Waals surface area contributed by atoms with Gasteiger partial charge in [-0.1, -0.05) is 39.5 Å². The lowest BCUT2D eigenvalue weighted by Gasteiger charge is -2.30. The number of anilines is 1. The molecule has 0 aliphatic carbocycles. The summed E-state index contributed by atoms with van der Waals surface area (Å²) in [4.78, 5) is 98.7. The molecule has 29 heteroatoms. The average Bonchev–Trinajstić information content (AvgIpc) is 3.64. The van der Waals surface area contributed by atoms with Gasteiger partial charge in [-0.3, -0.25) is 37.3 Å². The van der Waals surface area contributed by atoms with Crippen molar-refractivity contribution in [2.75, 3.05) is 37.8 Å².